The van der Waals surface area contributed by atoms with Gasteiger partial charge in [0.2, 0.25) is 17.7 Å². The van der Waals surface area contributed by atoms with E-state index in [1.54, 1.807) is 24.3 Å². The van der Waals surface area contributed by atoms with Gasteiger partial charge in [-0.1, -0.05) is 6.07 Å². The minimum atomic E-state index is -2.85. The molecule has 0 unspecified atom stereocenters. The average molecular weight is 547 g/mol. The third-order valence-corrected chi connectivity index (χ3v) is 8.14. The van der Waals surface area contributed by atoms with Crippen molar-refractivity contribution >= 4 is 34.6 Å². The number of aromatic nitrogens is 1. The maximum atomic E-state index is 14.0. The van der Waals surface area contributed by atoms with Crippen LogP contribution in [0.5, 0.6) is 5.75 Å². The minimum absolute atomic E-state index is 0.0140. The number of rotatable bonds is 7. The number of hydrogen-bond acceptors (Lipinski definition) is 6. The molecule has 12 heteroatoms. The lowest BCUT2D eigenvalue weighted by atomic mass is 9.65. The van der Waals surface area contributed by atoms with E-state index in [1.807, 2.05) is 0 Å². The number of piperidine rings is 1. The molecule has 3 heterocycles. The zero-order valence-corrected chi connectivity index (χ0v) is 21.9. The summed E-state index contributed by atoms with van der Waals surface area (Å²) >= 11 is 0. The first-order chi connectivity index (χ1) is 18.5. The minimum Gasteiger partial charge on any atom is -0.496 e. The molecule has 2 aliphatic heterocycles. The number of aromatic amines is 1. The number of methoxy groups -OCH3 is 2. The van der Waals surface area contributed by atoms with E-state index in [0.717, 1.165) is 6.42 Å². The quantitative estimate of drug-likeness (QED) is 0.458. The molecule has 10 nitrogen and oxygen atoms in total. The van der Waals surface area contributed by atoms with Crippen LogP contribution in [0.25, 0.3) is 10.9 Å². The van der Waals surface area contributed by atoms with E-state index in [-0.39, 0.29) is 31.0 Å². The van der Waals surface area contributed by atoms with Crippen LogP contribution in [-0.4, -0.2) is 78.9 Å². The molecule has 1 spiro atoms. The molecule has 210 valence electrons. The molecular weight excluding hydrogens is 514 g/mol. The first kappa shape index (κ1) is 26.9. The van der Waals surface area contributed by atoms with Gasteiger partial charge in [-0.25, -0.2) is 13.6 Å². The van der Waals surface area contributed by atoms with Gasteiger partial charge in [-0.2, -0.15) is 0 Å². The summed E-state index contributed by atoms with van der Waals surface area (Å²) in [4.78, 5) is 56.5. The van der Waals surface area contributed by atoms with Crippen molar-refractivity contribution in [3.05, 3.63) is 30.0 Å². The molecule has 1 aromatic carbocycles. The number of hydrogen-bond donors (Lipinski definition) is 3. The number of esters is 1. The molecule has 1 aliphatic carbocycles. The summed E-state index contributed by atoms with van der Waals surface area (Å²) in [5, 5.41) is 6.09. The van der Waals surface area contributed by atoms with Gasteiger partial charge < -0.3 is 30.0 Å². The molecule has 3 atom stereocenters. The normalized spacial score (nSPS) is 24.1. The van der Waals surface area contributed by atoms with Gasteiger partial charge in [-0.15, -0.1) is 0 Å². The van der Waals surface area contributed by atoms with Crippen LogP contribution in [0.15, 0.2) is 24.3 Å². The van der Waals surface area contributed by atoms with Crippen molar-refractivity contribution in [1.82, 2.24) is 20.5 Å². The fourth-order valence-corrected chi connectivity index (χ4v) is 6.35. The Hall–Kier alpha value is -3.70. The highest BCUT2D eigenvalue weighted by Crippen LogP contribution is 2.58. The number of carbonyl (C=O) groups excluding carboxylic acids is 4. The van der Waals surface area contributed by atoms with Gasteiger partial charge in [0.15, 0.2) is 0 Å². The highest BCUT2D eigenvalue weighted by molar-refractivity contribution is 6.02. The van der Waals surface area contributed by atoms with Crippen LogP contribution in [0.4, 0.5) is 8.78 Å². The number of benzene rings is 1. The lowest BCUT2D eigenvalue weighted by molar-refractivity contribution is -0.156. The maximum absolute atomic E-state index is 14.0. The lowest BCUT2D eigenvalue weighted by Gasteiger charge is -2.44. The molecule has 2 aromatic rings. The van der Waals surface area contributed by atoms with E-state index in [9.17, 15) is 28.0 Å². The fourth-order valence-electron chi connectivity index (χ4n) is 6.35. The number of fused-ring (bicyclic) bond motifs is 1. The molecular formula is C27H32F2N4O6. The standard InChI is InChI=1S/C27H32F2N4O6/c1-38-21-7-3-6-17-16(21)10-18(31-17)24(36)33-14-26(12-27(28,29)13-26)11-20(33)23(35)32-19(25(37)39-2)9-15-5-4-8-30-22(15)34/h3,6-7,10,15,19-20,31H,4-5,8-9,11-14H2,1-2H3,(H,30,34)(H,32,35)/t15-,19-,20-/m0/s1. The van der Waals surface area contributed by atoms with Crippen molar-refractivity contribution in [2.24, 2.45) is 11.3 Å². The molecule has 3 N–H and O–H groups in total. The number of ether oxygens (including phenoxy) is 2. The lowest BCUT2D eigenvalue weighted by Crippen LogP contribution is -2.52. The predicted octanol–water partition coefficient (Wildman–Crippen LogP) is 2.38. The Kier molecular flexibility index (Phi) is 6.98. The topological polar surface area (TPSA) is 130 Å². The van der Waals surface area contributed by atoms with E-state index in [1.165, 1.54) is 19.1 Å². The van der Waals surface area contributed by atoms with Gasteiger partial charge in [-0.3, -0.25) is 14.4 Å². The summed E-state index contributed by atoms with van der Waals surface area (Å²) < 4.78 is 38.2. The summed E-state index contributed by atoms with van der Waals surface area (Å²) in [6, 6.07) is 4.72. The largest absolute Gasteiger partial charge is 0.496 e. The Morgan fingerprint density at radius 2 is 2.00 bits per heavy atom. The molecule has 0 radical (unpaired) electrons. The van der Waals surface area contributed by atoms with Crippen LogP contribution in [0, 0.1) is 11.3 Å². The first-order valence-electron chi connectivity index (χ1n) is 13.1. The Labute approximate surface area is 223 Å². The zero-order valence-electron chi connectivity index (χ0n) is 21.9. The number of carbonyl (C=O) groups is 4. The summed E-state index contributed by atoms with van der Waals surface area (Å²) in [6.07, 6.45) is 0.547. The van der Waals surface area contributed by atoms with Crippen molar-refractivity contribution < 1.29 is 37.4 Å². The highest BCUT2D eigenvalue weighted by Gasteiger charge is 2.62. The Morgan fingerprint density at radius 3 is 2.67 bits per heavy atom. The number of alkyl halides is 2. The molecule has 1 aromatic heterocycles. The summed E-state index contributed by atoms with van der Waals surface area (Å²) in [6.45, 7) is 0.538. The van der Waals surface area contributed by atoms with Gasteiger partial charge in [0.05, 0.1) is 14.2 Å². The Balaban J connectivity index is 1.40. The number of H-pyrrole nitrogens is 1. The fraction of sp³-hybridized carbons (Fsp3) is 0.556. The maximum Gasteiger partial charge on any atom is 0.328 e. The van der Waals surface area contributed by atoms with Crippen molar-refractivity contribution in [2.45, 2.75) is 56.5 Å². The molecule has 0 bridgehead atoms. The van der Waals surface area contributed by atoms with E-state index >= 15 is 0 Å². The molecule has 39 heavy (non-hydrogen) atoms. The summed E-state index contributed by atoms with van der Waals surface area (Å²) in [7, 11) is 2.70. The van der Waals surface area contributed by atoms with Gasteiger partial charge in [0, 0.05) is 48.2 Å². The second kappa shape index (κ2) is 10.1. The Bertz CT molecular complexity index is 1300. The monoisotopic (exact) mass is 546 g/mol. The molecule has 1 saturated carbocycles. The number of amides is 3. The van der Waals surface area contributed by atoms with Crippen LogP contribution in [-0.2, 0) is 19.1 Å². The molecule has 3 amide bonds. The summed E-state index contributed by atoms with van der Waals surface area (Å²) in [5.41, 5.74) is -0.0485. The Morgan fingerprint density at radius 1 is 1.23 bits per heavy atom. The van der Waals surface area contributed by atoms with Crippen LogP contribution in [0.2, 0.25) is 0 Å². The second-order valence-corrected chi connectivity index (χ2v) is 10.9. The van der Waals surface area contributed by atoms with Crippen LogP contribution in [0.1, 0.15) is 49.0 Å². The number of likely N-dealkylation sites (tertiary alicyclic amines) is 1. The predicted molar refractivity (Wildman–Crippen MR) is 135 cm³/mol. The molecule has 2 saturated heterocycles. The van der Waals surface area contributed by atoms with Crippen LogP contribution >= 0.6 is 0 Å². The van der Waals surface area contributed by atoms with Crippen LogP contribution in [0.3, 0.4) is 0 Å². The van der Waals surface area contributed by atoms with Crippen molar-refractivity contribution in [2.75, 3.05) is 27.3 Å². The second-order valence-electron chi connectivity index (χ2n) is 10.9. The average Bonchev–Trinajstić information content (AvgIpc) is 3.50. The van der Waals surface area contributed by atoms with Gasteiger partial charge in [0.25, 0.3) is 5.91 Å². The van der Waals surface area contributed by atoms with E-state index in [2.05, 4.69) is 15.6 Å². The van der Waals surface area contributed by atoms with Crippen molar-refractivity contribution in [3.8, 4) is 5.75 Å². The van der Waals surface area contributed by atoms with Crippen molar-refractivity contribution in [1.29, 1.82) is 0 Å². The van der Waals surface area contributed by atoms with Crippen LogP contribution < -0.4 is 15.4 Å². The smallest absolute Gasteiger partial charge is 0.328 e. The number of halogens is 2. The molecule has 3 fully saturated rings. The third-order valence-electron chi connectivity index (χ3n) is 8.14. The third kappa shape index (κ3) is 5.16. The van der Waals surface area contributed by atoms with Gasteiger partial charge in [0.1, 0.15) is 23.5 Å². The summed E-state index contributed by atoms with van der Waals surface area (Å²) in [5.74, 6) is -4.85. The first-order valence-corrected chi connectivity index (χ1v) is 13.1. The number of nitrogens with one attached hydrogen (secondary N) is 3. The van der Waals surface area contributed by atoms with E-state index in [0.29, 0.717) is 29.6 Å². The highest BCUT2D eigenvalue weighted by atomic mass is 19.3. The van der Waals surface area contributed by atoms with E-state index < -0.39 is 60.0 Å². The van der Waals surface area contributed by atoms with E-state index in [4.69, 9.17) is 9.47 Å². The molecule has 3 aliphatic rings. The molecule has 5 rings (SSSR count). The number of nitrogens with zero attached hydrogens (tertiary/aromatic N) is 1. The van der Waals surface area contributed by atoms with Crippen molar-refractivity contribution in [3.63, 3.8) is 0 Å². The van der Waals surface area contributed by atoms with Gasteiger partial charge >= 0.3 is 5.97 Å². The van der Waals surface area contributed by atoms with Gasteiger partial charge in [-0.05, 0) is 43.9 Å². The SMILES string of the molecule is COC(=O)[C@H](C[C@@H]1CCCNC1=O)NC(=O)[C@@H]1CC2(CN1C(=O)c1cc3c(OC)cccc3[nH]1)CC(F)(F)C2. The zero-order chi connectivity index (χ0) is 27.9.